The molecule has 3 rings (SSSR count). The predicted molar refractivity (Wildman–Crippen MR) is 198 cm³/mol. The summed E-state index contributed by atoms with van der Waals surface area (Å²) in [6.45, 7) is 4.67. The van der Waals surface area contributed by atoms with Crippen LogP contribution in [0.3, 0.4) is 0 Å². The second-order valence-electron chi connectivity index (χ2n) is 13.4. The molecule has 0 radical (unpaired) electrons. The maximum Gasteiger partial charge on any atom is 0.326 e. The number of nitrogens with one attached hydrogen (secondary N) is 2. The highest BCUT2D eigenvalue weighted by atomic mass is 16.5. The molecular formula is C39H59N5O7. The van der Waals surface area contributed by atoms with E-state index in [-0.39, 0.29) is 45.1 Å². The van der Waals surface area contributed by atoms with E-state index >= 15 is 0 Å². The molecule has 12 nitrogen and oxygen atoms in total. The molecule has 7 N–H and O–H groups in total. The molecule has 2 aromatic rings. The van der Waals surface area contributed by atoms with E-state index in [0.29, 0.717) is 40.2 Å². The molecule has 2 unspecified atom stereocenters. The average molecular weight is 710 g/mol. The molecule has 0 saturated heterocycles. The second-order valence-corrected chi connectivity index (χ2v) is 13.4. The van der Waals surface area contributed by atoms with Gasteiger partial charge in [-0.25, -0.2) is 4.79 Å². The first-order valence-corrected chi connectivity index (χ1v) is 18.6. The number of hydrogen-bond donors (Lipinski definition) is 5. The summed E-state index contributed by atoms with van der Waals surface area (Å²) < 4.78 is 12.0. The third-order valence-corrected chi connectivity index (χ3v) is 9.23. The summed E-state index contributed by atoms with van der Waals surface area (Å²) in [7, 11) is 1.59. The van der Waals surface area contributed by atoms with E-state index in [2.05, 4.69) is 17.6 Å². The standard InChI is InChI=1S/C39H59N5O7/c1-4-5-6-7-8-9-10-11-12-13-14-15-35(45)44(3)36-29-17-19-34(51-23-21-41)31(26-29)30-24-28(16-18-33(30)50-22-20-40)25-32(39(48)49)43-37(46)27(2)42-38(36)47/h16-19,24,26-27,32,36H,4-15,20-23,25,40-41H2,1-3H3,(H,42,47)(H,43,46)(H,48,49)/t27-,32?,36?/m0/s1. The van der Waals surface area contributed by atoms with Gasteiger partial charge in [-0.3, -0.25) is 14.4 Å². The Morgan fingerprint density at radius 2 is 1.35 bits per heavy atom. The summed E-state index contributed by atoms with van der Waals surface area (Å²) in [5, 5.41) is 15.3. The molecule has 0 spiro atoms. The zero-order valence-electron chi connectivity index (χ0n) is 30.7. The van der Waals surface area contributed by atoms with Gasteiger partial charge in [0.15, 0.2) is 0 Å². The monoisotopic (exact) mass is 709 g/mol. The van der Waals surface area contributed by atoms with Crippen LogP contribution in [-0.4, -0.2) is 79.1 Å². The number of carboxylic acids is 1. The minimum Gasteiger partial charge on any atom is -0.492 e. The zero-order chi connectivity index (χ0) is 37.2. The summed E-state index contributed by atoms with van der Waals surface area (Å²) >= 11 is 0. The molecule has 51 heavy (non-hydrogen) atoms. The summed E-state index contributed by atoms with van der Waals surface area (Å²) in [5.41, 5.74) is 13.8. The first kappa shape index (κ1) is 41.3. The fourth-order valence-electron chi connectivity index (χ4n) is 6.33. The smallest absolute Gasteiger partial charge is 0.326 e. The first-order chi connectivity index (χ1) is 24.6. The lowest BCUT2D eigenvalue weighted by Crippen LogP contribution is -2.53. The van der Waals surface area contributed by atoms with Gasteiger partial charge in [-0.2, -0.15) is 0 Å². The fraction of sp³-hybridized carbons (Fsp3) is 0.590. The molecule has 1 aliphatic heterocycles. The normalized spacial score (nSPS) is 17.5. The highest BCUT2D eigenvalue weighted by Crippen LogP contribution is 2.40. The number of likely N-dealkylation sites (N-methyl/N-ethyl adjacent to an activating group) is 1. The number of amides is 3. The maximum atomic E-state index is 14.0. The summed E-state index contributed by atoms with van der Waals surface area (Å²) in [6.07, 6.45) is 13.0. The quantitative estimate of drug-likeness (QED) is 0.120. The van der Waals surface area contributed by atoms with Gasteiger partial charge in [0.25, 0.3) is 0 Å². The zero-order valence-corrected chi connectivity index (χ0v) is 30.7. The lowest BCUT2D eigenvalue weighted by molar-refractivity contribution is -0.143. The van der Waals surface area contributed by atoms with Crippen LogP contribution >= 0.6 is 0 Å². The minimum atomic E-state index is -1.27. The van der Waals surface area contributed by atoms with Crippen molar-refractivity contribution < 1.29 is 33.8 Å². The number of carboxylic acid groups (broad SMARTS) is 1. The van der Waals surface area contributed by atoms with Crippen LogP contribution < -0.4 is 31.6 Å². The van der Waals surface area contributed by atoms with Gasteiger partial charge in [0.2, 0.25) is 17.7 Å². The van der Waals surface area contributed by atoms with Crippen LogP contribution in [0.2, 0.25) is 0 Å². The molecular weight excluding hydrogens is 650 g/mol. The van der Waals surface area contributed by atoms with Gasteiger partial charge in [-0.15, -0.1) is 0 Å². The van der Waals surface area contributed by atoms with Gasteiger partial charge in [-0.05, 0) is 48.7 Å². The average Bonchev–Trinajstić information content (AvgIpc) is 3.11. The third-order valence-electron chi connectivity index (χ3n) is 9.23. The molecule has 0 aromatic heterocycles. The van der Waals surface area contributed by atoms with Crippen LogP contribution in [0.5, 0.6) is 11.5 Å². The molecule has 0 fully saturated rings. The number of aliphatic carboxylic acids is 1. The molecule has 4 bridgehead atoms. The lowest BCUT2D eigenvalue weighted by atomic mass is 9.93. The fourth-order valence-corrected chi connectivity index (χ4v) is 6.33. The van der Waals surface area contributed by atoms with Gasteiger partial charge < -0.3 is 41.6 Å². The number of hydrogen-bond acceptors (Lipinski definition) is 8. The first-order valence-electron chi connectivity index (χ1n) is 18.6. The van der Waals surface area contributed by atoms with Gasteiger partial charge in [0.05, 0.1) is 0 Å². The van der Waals surface area contributed by atoms with Crippen molar-refractivity contribution in [3.63, 3.8) is 0 Å². The number of benzene rings is 2. The van der Waals surface area contributed by atoms with Crippen molar-refractivity contribution in [2.45, 2.75) is 115 Å². The van der Waals surface area contributed by atoms with Crippen LogP contribution in [0.1, 0.15) is 108 Å². The number of carbonyl (C=O) groups is 4. The Balaban J connectivity index is 1.94. The molecule has 3 amide bonds. The Hall–Kier alpha value is -4.16. The molecule has 1 heterocycles. The van der Waals surface area contributed by atoms with Crippen LogP contribution in [-0.2, 0) is 25.6 Å². The number of carbonyl (C=O) groups excluding carboxylic acids is 3. The van der Waals surface area contributed by atoms with Crippen molar-refractivity contribution in [1.82, 2.24) is 15.5 Å². The van der Waals surface area contributed by atoms with E-state index in [4.69, 9.17) is 20.9 Å². The van der Waals surface area contributed by atoms with Crippen LogP contribution in [0.25, 0.3) is 11.1 Å². The molecule has 12 heteroatoms. The number of nitrogens with zero attached hydrogens (tertiary/aromatic N) is 1. The number of nitrogens with two attached hydrogens (primary N) is 2. The molecule has 3 atom stereocenters. The molecule has 0 saturated carbocycles. The van der Waals surface area contributed by atoms with E-state index in [9.17, 15) is 24.3 Å². The number of fused-ring (bicyclic) bond motifs is 5. The van der Waals surface area contributed by atoms with Crippen LogP contribution in [0.4, 0.5) is 0 Å². The van der Waals surface area contributed by atoms with Crippen molar-refractivity contribution in [3.8, 4) is 22.6 Å². The topological polar surface area (TPSA) is 186 Å². The highest BCUT2D eigenvalue weighted by Gasteiger charge is 2.33. The highest BCUT2D eigenvalue weighted by molar-refractivity contribution is 5.94. The SMILES string of the molecule is CCCCCCCCCCCCCC(=O)N(C)C1C(=O)N[C@@H](C)C(=O)NC(C(=O)O)Cc2ccc(OCCN)c(c2)-c2cc1ccc2OCCN. The van der Waals surface area contributed by atoms with E-state index < -0.39 is 35.9 Å². The van der Waals surface area contributed by atoms with Crippen molar-refractivity contribution >= 4 is 23.7 Å². The van der Waals surface area contributed by atoms with Crippen molar-refractivity contribution in [2.24, 2.45) is 11.5 Å². The number of rotatable bonds is 20. The van der Waals surface area contributed by atoms with Crippen molar-refractivity contribution in [2.75, 3.05) is 33.4 Å². The van der Waals surface area contributed by atoms with Crippen molar-refractivity contribution in [3.05, 3.63) is 47.5 Å². The summed E-state index contributed by atoms with van der Waals surface area (Å²) in [4.78, 5) is 54.5. The Morgan fingerprint density at radius 3 is 1.92 bits per heavy atom. The van der Waals surface area contributed by atoms with E-state index in [1.807, 2.05) is 0 Å². The molecule has 1 aliphatic rings. The maximum absolute atomic E-state index is 14.0. The third kappa shape index (κ3) is 12.8. The minimum absolute atomic E-state index is 0.0243. The Bertz CT molecular complexity index is 1430. The Kier molecular flexibility index (Phi) is 17.7. The van der Waals surface area contributed by atoms with Crippen molar-refractivity contribution in [1.29, 1.82) is 0 Å². The predicted octanol–water partition coefficient (Wildman–Crippen LogP) is 4.86. The molecule has 2 aromatic carbocycles. The number of unbranched alkanes of at least 4 members (excludes halogenated alkanes) is 10. The lowest BCUT2D eigenvalue weighted by Gasteiger charge is -2.30. The van der Waals surface area contributed by atoms with Crippen LogP contribution in [0, 0.1) is 0 Å². The summed E-state index contributed by atoms with van der Waals surface area (Å²) in [6, 6.07) is 7.04. The van der Waals surface area contributed by atoms with Gasteiger partial charge in [-0.1, -0.05) is 83.3 Å². The summed E-state index contributed by atoms with van der Waals surface area (Å²) in [5.74, 6) is -1.72. The van der Waals surface area contributed by atoms with Gasteiger partial charge >= 0.3 is 5.97 Å². The van der Waals surface area contributed by atoms with E-state index in [0.717, 1.165) is 19.3 Å². The van der Waals surface area contributed by atoms with Gasteiger partial charge in [0, 0.05) is 44.1 Å². The Morgan fingerprint density at radius 1 is 0.804 bits per heavy atom. The second kappa shape index (κ2) is 21.9. The van der Waals surface area contributed by atoms with Crippen LogP contribution in [0.15, 0.2) is 36.4 Å². The number of ether oxygens (including phenoxy) is 2. The molecule has 282 valence electrons. The Labute approximate surface area is 303 Å². The largest absolute Gasteiger partial charge is 0.492 e. The van der Waals surface area contributed by atoms with E-state index in [1.54, 1.807) is 43.4 Å². The van der Waals surface area contributed by atoms with Gasteiger partial charge in [0.1, 0.15) is 42.8 Å². The molecule has 0 aliphatic carbocycles. The van der Waals surface area contributed by atoms with E-state index in [1.165, 1.54) is 56.8 Å².